The largest absolute Gasteiger partial charge is 0.353 e. The number of aromatic amines is 1. The molecular formula is C9H16N4O2S. The smallest absolute Gasteiger partial charge is 0.242 e. The number of aromatic nitrogens is 3. The van der Waals surface area contributed by atoms with E-state index in [-0.39, 0.29) is 5.75 Å². The average molecular weight is 244 g/mol. The first-order valence-electron chi connectivity index (χ1n) is 5.36. The van der Waals surface area contributed by atoms with Crippen molar-refractivity contribution in [3.63, 3.8) is 0 Å². The topological polar surface area (TPSA) is 87.7 Å². The molecule has 7 heteroatoms. The van der Waals surface area contributed by atoms with Crippen molar-refractivity contribution in [1.29, 1.82) is 0 Å². The number of nitrogens with one attached hydrogen (secondary N) is 2. The molecule has 0 atom stereocenters. The van der Waals surface area contributed by atoms with Gasteiger partial charge in [-0.15, -0.1) is 5.10 Å². The Morgan fingerprint density at radius 1 is 1.50 bits per heavy atom. The lowest BCUT2D eigenvalue weighted by Gasteiger charge is -1.98. The SMILES string of the molecule is CS(=O)(=O)Cc1nc(NCCC2CC2)n[nH]1. The zero-order chi connectivity index (χ0) is 11.6. The van der Waals surface area contributed by atoms with Gasteiger partial charge in [0.1, 0.15) is 11.6 Å². The maximum atomic E-state index is 11.0. The van der Waals surface area contributed by atoms with E-state index < -0.39 is 9.84 Å². The van der Waals surface area contributed by atoms with Crippen LogP contribution in [0, 0.1) is 5.92 Å². The molecule has 0 amide bonds. The zero-order valence-corrected chi connectivity index (χ0v) is 10.0. The van der Waals surface area contributed by atoms with Crippen molar-refractivity contribution in [3.8, 4) is 0 Å². The first kappa shape index (κ1) is 11.4. The van der Waals surface area contributed by atoms with E-state index in [1.165, 1.54) is 19.1 Å². The maximum absolute atomic E-state index is 11.0. The van der Waals surface area contributed by atoms with Gasteiger partial charge in [0.25, 0.3) is 0 Å². The van der Waals surface area contributed by atoms with Crippen LogP contribution in [0.1, 0.15) is 25.1 Å². The van der Waals surface area contributed by atoms with Crippen molar-refractivity contribution in [2.75, 3.05) is 18.1 Å². The minimum Gasteiger partial charge on any atom is -0.353 e. The van der Waals surface area contributed by atoms with Gasteiger partial charge in [-0.1, -0.05) is 12.8 Å². The van der Waals surface area contributed by atoms with Crippen LogP contribution in [-0.2, 0) is 15.6 Å². The summed E-state index contributed by atoms with van der Waals surface area (Å²) >= 11 is 0. The van der Waals surface area contributed by atoms with Gasteiger partial charge in [0.05, 0.1) is 0 Å². The van der Waals surface area contributed by atoms with E-state index in [1.807, 2.05) is 0 Å². The van der Waals surface area contributed by atoms with Crippen molar-refractivity contribution < 1.29 is 8.42 Å². The lowest BCUT2D eigenvalue weighted by molar-refractivity contribution is 0.599. The Kier molecular flexibility index (Phi) is 3.13. The van der Waals surface area contributed by atoms with Gasteiger partial charge in [0.15, 0.2) is 9.84 Å². The fourth-order valence-electron chi connectivity index (χ4n) is 1.48. The zero-order valence-electron chi connectivity index (χ0n) is 9.23. The number of nitrogens with zero attached hydrogens (tertiary/aromatic N) is 2. The highest BCUT2D eigenvalue weighted by Gasteiger charge is 2.20. The van der Waals surface area contributed by atoms with Crippen LogP contribution >= 0.6 is 0 Å². The lowest BCUT2D eigenvalue weighted by atomic mass is 10.3. The second-order valence-electron chi connectivity index (χ2n) is 4.33. The molecule has 1 aliphatic rings. The van der Waals surface area contributed by atoms with Crippen molar-refractivity contribution >= 4 is 15.8 Å². The van der Waals surface area contributed by atoms with E-state index in [1.54, 1.807) is 0 Å². The van der Waals surface area contributed by atoms with Crippen LogP contribution in [0.15, 0.2) is 0 Å². The first-order chi connectivity index (χ1) is 7.53. The second kappa shape index (κ2) is 4.40. The molecule has 1 heterocycles. The van der Waals surface area contributed by atoms with E-state index in [2.05, 4.69) is 20.5 Å². The summed E-state index contributed by atoms with van der Waals surface area (Å²) in [5.74, 6) is 1.64. The van der Waals surface area contributed by atoms with Gasteiger partial charge in [-0.05, 0) is 12.3 Å². The molecule has 16 heavy (non-hydrogen) atoms. The Labute approximate surface area is 94.8 Å². The second-order valence-corrected chi connectivity index (χ2v) is 6.47. The third-order valence-corrected chi connectivity index (χ3v) is 3.26. The molecule has 1 saturated carbocycles. The fraction of sp³-hybridized carbons (Fsp3) is 0.778. The number of sulfone groups is 1. The molecule has 0 aliphatic heterocycles. The predicted octanol–water partition coefficient (Wildman–Crippen LogP) is 0.561. The summed E-state index contributed by atoms with van der Waals surface area (Å²) in [7, 11) is -3.05. The summed E-state index contributed by atoms with van der Waals surface area (Å²) in [6, 6.07) is 0. The molecule has 0 radical (unpaired) electrons. The molecule has 2 rings (SSSR count). The third kappa shape index (κ3) is 3.80. The number of hydrogen-bond acceptors (Lipinski definition) is 5. The molecule has 1 aliphatic carbocycles. The monoisotopic (exact) mass is 244 g/mol. The van der Waals surface area contributed by atoms with E-state index in [0.29, 0.717) is 11.8 Å². The normalized spacial score (nSPS) is 16.3. The minimum absolute atomic E-state index is 0.0930. The van der Waals surface area contributed by atoms with Gasteiger partial charge in [0, 0.05) is 12.8 Å². The Morgan fingerprint density at radius 3 is 2.88 bits per heavy atom. The molecule has 6 nitrogen and oxygen atoms in total. The van der Waals surface area contributed by atoms with Gasteiger partial charge >= 0.3 is 0 Å². The molecule has 0 unspecified atom stereocenters. The number of rotatable bonds is 6. The maximum Gasteiger partial charge on any atom is 0.242 e. The Bertz CT molecular complexity index is 450. The molecule has 0 spiro atoms. The first-order valence-corrected chi connectivity index (χ1v) is 7.42. The average Bonchev–Trinajstić information content (AvgIpc) is 2.86. The molecule has 1 aromatic rings. The summed E-state index contributed by atoms with van der Waals surface area (Å²) in [4.78, 5) is 4.06. The summed E-state index contributed by atoms with van der Waals surface area (Å²) in [6.07, 6.45) is 4.97. The van der Waals surface area contributed by atoms with Crippen LogP contribution < -0.4 is 5.32 Å². The molecule has 0 bridgehead atoms. The fourth-order valence-corrected chi connectivity index (χ4v) is 2.11. The van der Waals surface area contributed by atoms with Crippen LogP contribution in [-0.4, -0.2) is 36.4 Å². The summed E-state index contributed by atoms with van der Waals surface area (Å²) < 4.78 is 22.0. The van der Waals surface area contributed by atoms with Crippen molar-refractivity contribution in [2.24, 2.45) is 5.92 Å². The van der Waals surface area contributed by atoms with Gasteiger partial charge in [-0.25, -0.2) is 8.42 Å². The number of anilines is 1. The third-order valence-electron chi connectivity index (χ3n) is 2.46. The molecule has 90 valence electrons. The number of H-pyrrole nitrogens is 1. The summed E-state index contributed by atoms with van der Waals surface area (Å²) in [5, 5.41) is 9.59. The highest BCUT2D eigenvalue weighted by atomic mass is 32.2. The Morgan fingerprint density at radius 2 is 2.25 bits per heavy atom. The highest BCUT2D eigenvalue weighted by molar-refractivity contribution is 7.89. The van der Waals surface area contributed by atoms with Gasteiger partial charge < -0.3 is 5.32 Å². The Hall–Kier alpha value is -1.11. The van der Waals surface area contributed by atoms with E-state index in [9.17, 15) is 8.42 Å². The van der Waals surface area contributed by atoms with Crippen molar-refractivity contribution in [3.05, 3.63) is 5.82 Å². The standard InChI is InChI=1S/C9H16N4O2S/c1-16(14,15)6-8-11-9(13-12-8)10-5-4-7-2-3-7/h7H,2-6H2,1H3,(H2,10,11,12,13). The van der Waals surface area contributed by atoms with E-state index >= 15 is 0 Å². The molecule has 2 N–H and O–H groups in total. The van der Waals surface area contributed by atoms with Crippen molar-refractivity contribution in [2.45, 2.75) is 25.0 Å². The van der Waals surface area contributed by atoms with Gasteiger partial charge in [0.2, 0.25) is 5.95 Å². The molecular weight excluding hydrogens is 228 g/mol. The number of hydrogen-bond donors (Lipinski definition) is 2. The van der Waals surface area contributed by atoms with E-state index in [4.69, 9.17) is 0 Å². The highest BCUT2D eigenvalue weighted by Crippen LogP contribution is 2.31. The van der Waals surface area contributed by atoms with Gasteiger partial charge in [-0.3, -0.25) is 5.10 Å². The molecule has 1 fully saturated rings. The molecule has 0 aromatic carbocycles. The van der Waals surface area contributed by atoms with Crippen molar-refractivity contribution in [1.82, 2.24) is 15.2 Å². The lowest BCUT2D eigenvalue weighted by Crippen LogP contribution is -2.04. The van der Waals surface area contributed by atoms with Crippen LogP contribution in [0.5, 0.6) is 0 Å². The van der Waals surface area contributed by atoms with Crippen LogP contribution in [0.25, 0.3) is 0 Å². The Balaban J connectivity index is 1.81. The summed E-state index contributed by atoms with van der Waals surface area (Å²) in [6.45, 7) is 0.848. The van der Waals surface area contributed by atoms with Crippen LogP contribution in [0.4, 0.5) is 5.95 Å². The van der Waals surface area contributed by atoms with E-state index in [0.717, 1.165) is 18.9 Å². The van der Waals surface area contributed by atoms with Crippen LogP contribution in [0.2, 0.25) is 0 Å². The van der Waals surface area contributed by atoms with Crippen LogP contribution in [0.3, 0.4) is 0 Å². The minimum atomic E-state index is -3.05. The van der Waals surface area contributed by atoms with Gasteiger partial charge in [-0.2, -0.15) is 4.98 Å². The predicted molar refractivity (Wildman–Crippen MR) is 60.8 cm³/mol. The summed E-state index contributed by atoms with van der Waals surface area (Å²) in [5.41, 5.74) is 0. The quantitative estimate of drug-likeness (QED) is 0.763. The molecule has 0 saturated heterocycles. The molecule has 1 aromatic heterocycles.